The number of amides is 2. The first-order valence-corrected chi connectivity index (χ1v) is 11.6. The third-order valence-corrected chi connectivity index (χ3v) is 6.59. The summed E-state index contributed by atoms with van der Waals surface area (Å²) in [5.41, 5.74) is 5.04. The highest BCUT2D eigenvalue weighted by Gasteiger charge is 2.39. The molecule has 0 spiro atoms. The van der Waals surface area contributed by atoms with Crippen molar-refractivity contribution in [2.24, 2.45) is 5.92 Å². The van der Waals surface area contributed by atoms with Gasteiger partial charge in [-0.25, -0.2) is 14.6 Å². The molecule has 0 radical (unpaired) electrons. The molecule has 9 nitrogen and oxygen atoms in total. The van der Waals surface area contributed by atoms with Crippen LogP contribution in [0.1, 0.15) is 35.6 Å². The molecule has 2 aromatic carbocycles. The van der Waals surface area contributed by atoms with Gasteiger partial charge in [-0.15, -0.1) is 0 Å². The summed E-state index contributed by atoms with van der Waals surface area (Å²) < 4.78 is 5.58. The van der Waals surface area contributed by atoms with Crippen molar-refractivity contribution in [2.45, 2.75) is 37.3 Å². The van der Waals surface area contributed by atoms with Gasteiger partial charge in [0.15, 0.2) is 0 Å². The van der Waals surface area contributed by atoms with E-state index >= 15 is 0 Å². The second kappa shape index (κ2) is 9.61. The summed E-state index contributed by atoms with van der Waals surface area (Å²) in [7, 11) is 0. The van der Waals surface area contributed by atoms with Gasteiger partial charge in [0.25, 0.3) is 0 Å². The molecule has 2 unspecified atom stereocenters. The van der Waals surface area contributed by atoms with Crippen LogP contribution in [0.15, 0.2) is 61.1 Å². The van der Waals surface area contributed by atoms with Crippen LogP contribution in [0, 0.1) is 5.92 Å². The van der Waals surface area contributed by atoms with E-state index in [0.717, 1.165) is 35.1 Å². The molecule has 0 bridgehead atoms. The van der Waals surface area contributed by atoms with Gasteiger partial charge >= 0.3 is 12.1 Å². The molecule has 1 heterocycles. The monoisotopic (exact) mass is 474 g/mol. The fourth-order valence-electron chi connectivity index (χ4n) is 4.67. The Hall–Kier alpha value is -4.14. The number of fused-ring (bicyclic) bond motifs is 3. The number of nitrogens with zero attached hydrogens (tertiary/aromatic N) is 1. The van der Waals surface area contributed by atoms with Gasteiger partial charge in [0.1, 0.15) is 18.7 Å². The Bertz CT molecular complexity index is 1190. The van der Waals surface area contributed by atoms with Crippen LogP contribution in [0.5, 0.6) is 0 Å². The number of benzene rings is 2. The smallest absolute Gasteiger partial charge is 0.407 e. The van der Waals surface area contributed by atoms with E-state index in [-0.39, 0.29) is 24.9 Å². The average molecular weight is 475 g/mol. The second-order valence-corrected chi connectivity index (χ2v) is 8.97. The van der Waals surface area contributed by atoms with Gasteiger partial charge in [0.2, 0.25) is 5.91 Å². The van der Waals surface area contributed by atoms with Crippen LogP contribution >= 0.6 is 0 Å². The van der Waals surface area contributed by atoms with E-state index in [0.29, 0.717) is 5.69 Å². The van der Waals surface area contributed by atoms with Gasteiger partial charge in [-0.2, -0.15) is 0 Å². The summed E-state index contributed by atoms with van der Waals surface area (Å²) in [4.78, 5) is 44.0. The third kappa shape index (κ3) is 4.89. The summed E-state index contributed by atoms with van der Waals surface area (Å²) in [6, 6.07) is 14.1. The zero-order valence-corrected chi connectivity index (χ0v) is 18.9. The predicted octanol–water partition coefficient (Wildman–Crippen LogP) is 2.84. The number of carboxylic acids is 1. The van der Waals surface area contributed by atoms with Crippen LogP contribution in [-0.4, -0.2) is 51.7 Å². The van der Waals surface area contributed by atoms with Crippen molar-refractivity contribution in [1.29, 1.82) is 0 Å². The normalized spacial score (nSPS) is 16.0. The fraction of sp³-hybridized carbons (Fsp3) is 0.308. The summed E-state index contributed by atoms with van der Waals surface area (Å²) in [6.07, 6.45) is 3.88. The summed E-state index contributed by atoms with van der Waals surface area (Å²) >= 11 is 0. The number of ether oxygens (including phenoxy) is 1. The minimum absolute atomic E-state index is 0.0444. The molecule has 2 aliphatic carbocycles. The molecule has 35 heavy (non-hydrogen) atoms. The number of rotatable bonds is 9. The molecular formula is C26H26N4O5. The van der Waals surface area contributed by atoms with Crippen LogP contribution in [0.25, 0.3) is 11.1 Å². The maximum atomic E-state index is 12.9. The van der Waals surface area contributed by atoms with Crippen molar-refractivity contribution in [3.8, 4) is 11.1 Å². The van der Waals surface area contributed by atoms with Crippen LogP contribution in [0.3, 0.4) is 0 Å². The Balaban J connectivity index is 1.22. The lowest BCUT2D eigenvalue weighted by atomic mass is 9.98. The highest BCUT2D eigenvalue weighted by molar-refractivity contribution is 5.90. The average Bonchev–Trinajstić information content (AvgIpc) is 3.47. The van der Waals surface area contributed by atoms with Gasteiger partial charge in [-0.3, -0.25) is 4.79 Å². The Kier molecular flexibility index (Phi) is 6.22. The quantitative estimate of drug-likeness (QED) is 0.377. The molecule has 0 saturated heterocycles. The number of hydrogen-bond donors (Lipinski definition) is 4. The fourth-order valence-corrected chi connectivity index (χ4v) is 4.67. The first kappa shape index (κ1) is 22.6. The molecule has 1 fully saturated rings. The lowest BCUT2D eigenvalue weighted by Gasteiger charge is -2.21. The molecule has 2 aliphatic rings. The minimum Gasteiger partial charge on any atom is -0.480 e. The molecule has 180 valence electrons. The Labute approximate surface area is 201 Å². The molecule has 2 amide bonds. The maximum absolute atomic E-state index is 12.9. The standard InChI is InChI=1S/C26H26N4O5/c31-24(29-22(25(32)33)11-16-12-27-14-28-16)23(15-9-10-15)30-26(34)35-13-21-19-7-3-1-5-17(19)18-6-2-4-8-20(18)21/h1-8,12,14-15,21-23H,9-11,13H2,(H,27,28)(H,29,31)(H,30,34)(H,32,33). The number of H-pyrrole nitrogens is 1. The van der Waals surface area contributed by atoms with Gasteiger partial charge in [0, 0.05) is 24.2 Å². The molecule has 3 aromatic rings. The van der Waals surface area contributed by atoms with Gasteiger partial charge < -0.3 is 25.5 Å². The number of aliphatic carboxylic acids is 1. The minimum atomic E-state index is -1.16. The first-order chi connectivity index (χ1) is 17.0. The highest BCUT2D eigenvalue weighted by Crippen LogP contribution is 2.44. The number of carboxylic acid groups (broad SMARTS) is 1. The lowest BCUT2D eigenvalue weighted by molar-refractivity contribution is -0.142. The van der Waals surface area contributed by atoms with Gasteiger partial charge in [-0.1, -0.05) is 48.5 Å². The van der Waals surface area contributed by atoms with E-state index in [1.54, 1.807) is 0 Å². The van der Waals surface area contributed by atoms with Gasteiger partial charge in [0.05, 0.1) is 6.33 Å². The number of carbonyl (C=O) groups is 3. The molecule has 0 aliphatic heterocycles. The number of imidazole rings is 1. The number of nitrogens with one attached hydrogen (secondary N) is 3. The highest BCUT2D eigenvalue weighted by atomic mass is 16.5. The number of alkyl carbamates (subject to hydrolysis) is 1. The number of carbonyl (C=O) groups excluding carboxylic acids is 2. The SMILES string of the molecule is O=C(NC(C(=O)NC(Cc1cnc[nH]1)C(=O)O)C1CC1)OCC1c2ccccc2-c2ccccc21. The maximum Gasteiger partial charge on any atom is 0.407 e. The summed E-state index contributed by atoms with van der Waals surface area (Å²) in [5, 5.41) is 14.8. The zero-order valence-electron chi connectivity index (χ0n) is 18.9. The van der Waals surface area contributed by atoms with Crippen LogP contribution in [-0.2, 0) is 20.7 Å². The third-order valence-electron chi connectivity index (χ3n) is 6.59. The molecule has 5 rings (SSSR count). The van der Waals surface area contributed by atoms with Crippen LogP contribution in [0.2, 0.25) is 0 Å². The van der Waals surface area contributed by atoms with Crippen molar-refractivity contribution in [3.63, 3.8) is 0 Å². The van der Waals surface area contributed by atoms with Crippen LogP contribution in [0.4, 0.5) is 4.79 Å². The van der Waals surface area contributed by atoms with E-state index in [2.05, 4.69) is 32.7 Å². The second-order valence-electron chi connectivity index (χ2n) is 8.97. The Morgan fingerprint density at radius 2 is 1.69 bits per heavy atom. The van der Waals surface area contributed by atoms with E-state index in [1.807, 2.05) is 36.4 Å². The molecule has 1 aromatic heterocycles. The van der Waals surface area contributed by atoms with E-state index in [9.17, 15) is 19.5 Å². The Morgan fingerprint density at radius 1 is 1.03 bits per heavy atom. The van der Waals surface area contributed by atoms with E-state index in [1.165, 1.54) is 12.5 Å². The van der Waals surface area contributed by atoms with E-state index < -0.39 is 30.1 Å². The summed E-state index contributed by atoms with van der Waals surface area (Å²) in [6.45, 7) is 0.135. The molecule has 9 heteroatoms. The number of hydrogen-bond acceptors (Lipinski definition) is 5. The lowest BCUT2D eigenvalue weighted by Crippen LogP contribution is -2.53. The van der Waals surface area contributed by atoms with Gasteiger partial charge in [-0.05, 0) is 41.0 Å². The molecule has 1 saturated carbocycles. The van der Waals surface area contributed by atoms with Crippen molar-refractivity contribution in [3.05, 3.63) is 77.9 Å². The van der Waals surface area contributed by atoms with E-state index in [4.69, 9.17) is 4.74 Å². The van der Waals surface area contributed by atoms with Crippen molar-refractivity contribution in [1.82, 2.24) is 20.6 Å². The topological polar surface area (TPSA) is 133 Å². The number of aromatic amines is 1. The number of aromatic nitrogens is 2. The van der Waals surface area contributed by atoms with Crippen LogP contribution < -0.4 is 10.6 Å². The Morgan fingerprint density at radius 3 is 2.26 bits per heavy atom. The molecular weight excluding hydrogens is 448 g/mol. The van der Waals surface area contributed by atoms with Crippen molar-refractivity contribution >= 4 is 18.0 Å². The van der Waals surface area contributed by atoms with Crippen molar-refractivity contribution < 1.29 is 24.2 Å². The molecule has 2 atom stereocenters. The largest absolute Gasteiger partial charge is 0.480 e. The zero-order chi connectivity index (χ0) is 24.4. The van der Waals surface area contributed by atoms with Crippen molar-refractivity contribution in [2.75, 3.05) is 6.61 Å². The first-order valence-electron chi connectivity index (χ1n) is 11.6. The summed E-state index contributed by atoms with van der Waals surface area (Å²) in [5.74, 6) is -1.83. The predicted molar refractivity (Wildman–Crippen MR) is 127 cm³/mol. The molecule has 4 N–H and O–H groups in total.